The van der Waals surface area contributed by atoms with E-state index in [4.69, 9.17) is 14.3 Å². The fourth-order valence-electron chi connectivity index (χ4n) is 1.92. The van der Waals surface area contributed by atoms with Gasteiger partial charge >= 0.3 is 0 Å². The van der Waals surface area contributed by atoms with Crippen molar-refractivity contribution in [3.63, 3.8) is 0 Å². The highest BCUT2D eigenvalue weighted by Crippen LogP contribution is 2.29. The van der Waals surface area contributed by atoms with Crippen molar-refractivity contribution in [2.24, 2.45) is 5.73 Å². The third-order valence-electron chi connectivity index (χ3n) is 2.85. The van der Waals surface area contributed by atoms with Gasteiger partial charge in [-0.05, 0) is 12.1 Å². The third-order valence-corrected chi connectivity index (χ3v) is 4.04. The Morgan fingerprint density at radius 1 is 1.48 bits per heavy atom. The lowest BCUT2D eigenvalue weighted by Crippen LogP contribution is -2.36. The summed E-state index contributed by atoms with van der Waals surface area (Å²) >= 11 is 1.75. The van der Waals surface area contributed by atoms with Crippen molar-refractivity contribution < 1.29 is 19.1 Å². The Bertz CT molecular complexity index is 470. The molecule has 1 heterocycles. The number of thioether (sulfide) groups is 1. The summed E-state index contributed by atoms with van der Waals surface area (Å²) in [5, 5.41) is 0.104. The van der Waals surface area contributed by atoms with Gasteiger partial charge in [0.05, 0.1) is 7.11 Å². The second kappa shape index (κ2) is 9.12. The van der Waals surface area contributed by atoms with E-state index in [1.54, 1.807) is 25.8 Å². The van der Waals surface area contributed by atoms with Gasteiger partial charge in [0, 0.05) is 19.2 Å². The number of primary amides is 1. The first-order chi connectivity index (χ1) is 10.1. The fraction of sp³-hybridized carbons (Fsp3) is 0.429. The van der Waals surface area contributed by atoms with Crippen LogP contribution in [0.2, 0.25) is 0 Å². The van der Waals surface area contributed by atoms with E-state index >= 15 is 0 Å². The van der Waals surface area contributed by atoms with Gasteiger partial charge in [-0.15, -0.1) is 11.8 Å². The number of ether oxygens (including phenoxy) is 2. The summed E-state index contributed by atoms with van der Waals surface area (Å²) in [6, 6.07) is 7.54. The van der Waals surface area contributed by atoms with E-state index in [1.165, 1.54) is 0 Å². The maximum absolute atomic E-state index is 11.4. The lowest BCUT2D eigenvalue weighted by molar-refractivity contribution is -0.129. The SMILES string of the molecule is COc1ccccc1OCC1SCCN1C(C)=O.NC=O. The number of hydrogen-bond donors (Lipinski definition) is 1. The maximum atomic E-state index is 11.4. The molecule has 2 N–H and O–H groups in total. The average Bonchev–Trinajstić information content (AvgIpc) is 2.95. The van der Waals surface area contributed by atoms with Crippen molar-refractivity contribution in [3.8, 4) is 11.5 Å². The molecule has 0 bridgehead atoms. The number of benzene rings is 1. The van der Waals surface area contributed by atoms with Gasteiger partial charge in [-0.2, -0.15) is 0 Å². The van der Waals surface area contributed by atoms with Crippen LogP contribution in [0.15, 0.2) is 24.3 Å². The van der Waals surface area contributed by atoms with Crippen LogP contribution in [-0.4, -0.2) is 48.6 Å². The van der Waals surface area contributed by atoms with Crippen molar-refractivity contribution in [2.45, 2.75) is 12.3 Å². The number of carbonyl (C=O) groups is 2. The van der Waals surface area contributed by atoms with Crippen LogP contribution in [0.5, 0.6) is 11.5 Å². The average molecular weight is 312 g/mol. The normalized spacial score (nSPS) is 16.7. The second-order valence-corrected chi connectivity index (χ2v) is 5.42. The number of hydrogen-bond acceptors (Lipinski definition) is 5. The molecule has 7 heteroatoms. The molecule has 1 aliphatic heterocycles. The molecule has 1 aromatic rings. The first-order valence-electron chi connectivity index (χ1n) is 6.44. The zero-order valence-electron chi connectivity index (χ0n) is 12.2. The molecule has 0 aliphatic carbocycles. The van der Waals surface area contributed by atoms with Gasteiger partial charge in [0.25, 0.3) is 0 Å². The number of rotatable bonds is 4. The molecule has 1 aromatic carbocycles. The molecule has 2 rings (SSSR count). The van der Waals surface area contributed by atoms with Crippen LogP contribution in [-0.2, 0) is 9.59 Å². The standard InChI is InChI=1S/C13H17NO3S.CH3NO/c1-10(15)14-7-8-18-13(14)9-17-12-6-4-3-5-11(12)16-2;2-1-3/h3-6,13H,7-9H2,1-2H3;1H,(H2,2,3). The Morgan fingerprint density at radius 3 is 2.67 bits per heavy atom. The van der Waals surface area contributed by atoms with Crippen LogP contribution in [0.25, 0.3) is 0 Å². The van der Waals surface area contributed by atoms with Crippen molar-refractivity contribution in [2.75, 3.05) is 26.0 Å². The minimum absolute atomic E-state index is 0.104. The number of methoxy groups -OCH3 is 1. The van der Waals surface area contributed by atoms with E-state index in [9.17, 15) is 4.79 Å². The van der Waals surface area contributed by atoms with Gasteiger partial charge in [0.15, 0.2) is 11.5 Å². The van der Waals surface area contributed by atoms with E-state index in [-0.39, 0.29) is 17.7 Å². The smallest absolute Gasteiger partial charge is 0.220 e. The van der Waals surface area contributed by atoms with Gasteiger partial charge in [-0.3, -0.25) is 9.59 Å². The summed E-state index contributed by atoms with van der Waals surface area (Å²) in [5.41, 5.74) is 4.17. The highest BCUT2D eigenvalue weighted by atomic mass is 32.2. The minimum atomic E-state index is 0.104. The maximum Gasteiger partial charge on any atom is 0.220 e. The number of para-hydroxylation sites is 2. The van der Waals surface area contributed by atoms with Crippen LogP contribution in [0.1, 0.15) is 6.92 Å². The van der Waals surface area contributed by atoms with Crippen LogP contribution >= 0.6 is 11.8 Å². The van der Waals surface area contributed by atoms with Crippen LogP contribution < -0.4 is 15.2 Å². The van der Waals surface area contributed by atoms with Crippen molar-refractivity contribution >= 4 is 24.1 Å². The largest absolute Gasteiger partial charge is 0.493 e. The molecule has 21 heavy (non-hydrogen) atoms. The summed E-state index contributed by atoms with van der Waals surface area (Å²) in [7, 11) is 1.62. The fourth-order valence-corrected chi connectivity index (χ4v) is 3.09. The minimum Gasteiger partial charge on any atom is -0.493 e. The Labute approximate surface area is 128 Å². The van der Waals surface area contributed by atoms with E-state index in [2.05, 4.69) is 5.73 Å². The van der Waals surface area contributed by atoms with Crippen LogP contribution in [0.4, 0.5) is 0 Å². The van der Waals surface area contributed by atoms with Crippen LogP contribution in [0, 0.1) is 0 Å². The quantitative estimate of drug-likeness (QED) is 0.842. The predicted molar refractivity (Wildman–Crippen MR) is 82.4 cm³/mol. The number of nitrogens with zero attached hydrogens (tertiary/aromatic N) is 1. The number of amides is 2. The second-order valence-electron chi connectivity index (χ2n) is 4.14. The third kappa shape index (κ3) is 5.18. The molecular formula is C14H20N2O4S. The van der Waals surface area contributed by atoms with Gasteiger partial charge in [-0.25, -0.2) is 0 Å². The predicted octanol–water partition coefficient (Wildman–Crippen LogP) is 1.10. The molecule has 1 aliphatic rings. The van der Waals surface area contributed by atoms with Crippen LogP contribution in [0.3, 0.4) is 0 Å². The molecule has 1 fully saturated rings. The monoisotopic (exact) mass is 312 g/mol. The molecule has 0 radical (unpaired) electrons. The van der Waals surface area contributed by atoms with Gasteiger partial charge in [0.2, 0.25) is 12.3 Å². The van der Waals surface area contributed by atoms with Gasteiger partial charge in [0.1, 0.15) is 12.0 Å². The summed E-state index contributed by atoms with van der Waals surface area (Å²) in [6.07, 6.45) is 0.250. The first-order valence-corrected chi connectivity index (χ1v) is 7.49. The lowest BCUT2D eigenvalue weighted by atomic mass is 10.3. The van der Waals surface area contributed by atoms with E-state index in [0.29, 0.717) is 6.61 Å². The highest BCUT2D eigenvalue weighted by Gasteiger charge is 2.27. The van der Waals surface area contributed by atoms with E-state index in [1.807, 2.05) is 29.2 Å². The molecule has 0 spiro atoms. The first kappa shape index (κ1) is 17.2. The zero-order valence-corrected chi connectivity index (χ0v) is 13.0. The highest BCUT2D eigenvalue weighted by molar-refractivity contribution is 8.00. The molecule has 116 valence electrons. The van der Waals surface area contributed by atoms with Gasteiger partial charge in [-0.1, -0.05) is 12.1 Å². The Kier molecular flexibility index (Phi) is 7.45. The molecular weight excluding hydrogens is 292 g/mol. The molecule has 1 unspecified atom stereocenters. The van der Waals surface area contributed by atoms with Gasteiger partial charge < -0.3 is 20.1 Å². The summed E-state index contributed by atoms with van der Waals surface area (Å²) in [5.74, 6) is 2.51. The van der Waals surface area contributed by atoms with Crippen molar-refractivity contribution in [1.29, 1.82) is 0 Å². The van der Waals surface area contributed by atoms with E-state index in [0.717, 1.165) is 23.8 Å². The molecule has 1 atom stereocenters. The molecule has 0 saturated carbocycles. The molecule has 2 amide bonds. The summed E-state index contributed by atoms with van der Waals surface area (Å²) in [4.78, 5) is 21.9. The summed E-state index contributed by atoms with van der Waals surface area (Å²) in [6.45, 7) is 2.90. The number of nitrogens with two attached hydrogens (primary N) is 1. The summed E-state index contributed by atoms with van der Waals surface area (Å²) < 4.78 is 11.0. The Morgan fingerprint density at radius 2 is 2.10 bits per heavy atom. The van der Waals surface area contributed by atoms with E-state index < -0.39 is 0 Å². The lowest BCUT2D eigenvalue weighted by Gasteiger charge is -2.22. The zero-order chi connectivity index (χ0) is 15.7. The Hall–Kier alpha value is -1.89. The van der Waals surface area contributed by atoms with Crippen molar-refractivity contribution in [1.82, 2.24) is 4.90 Å². The Balaban J connectivity index is 0.000000677. The van der Waals surface area contributed by atoms with Crippen molar-refractivity contribution in [3.05, 3.63) is 24.3 Å². The molecule has 1 saturated heterocycles. The molecule has 6 nitrogen and oxygen atoms in total. The molecule has 0 aromatic heterocycles. The topological polar surface area (TPSA) is 81.9 Å². The number of carbonyl (C=O) groups excluding carboxylic acids is 2.